The molecule has 0 amide bonds. The molecule has 3 heterocycles. The number of terminal acetylenes is 1. The molecule has 104 valence electrons. The van der Waals surface area contributed by atoms with Crippen LogP contribution in [0.2, 0.25) is 0 Å². The average molecular weight is 275 g/mol. The van der Waals surface area contributed by atoms with Crippen LogP contribution in [0.4, 0.5) is 5.82 Å². The number of anilines is 1. The van der Waals surface area contributed by atoms with Gasteiger partial charge in [-0.3, -0.25) is 4.57 Å². The summed E-state index contributed by atoms with van der Waals surface area (Å²) in [6.45, 7) is -0.320. The van der Waals surface area contributed by atoms with Crippen LogP contribution in [0.25, 0.3) is 11.2 Å². The second kappa shape index (κ2) is 4.72. The highest BCUT2D eigenvalue weighted by Gasteiger charge is 2.44. The first-order chi connectivity index (χ1) is 9.67. The lowest BCUT2D eigenvalue weighted by molar-refractivity contribution is -0.0441. The molecule has 1 fully saturated rings. The maximum Gasteiger partial charge on any atom is 0.167 e. The first-order valence-electron chi connectivity index (χ1n) is 6.01. The minimum absolute atomic E-state index is 0.253. The predicted octanol–water partition coefficient (Wildman–Crippen LogP) is -1.09. The molecule has 1 aliphatic heterocycles. The number of hydrogen-bond acceptors (Lipinski definition) is 7. The van der Waals surface area contributed by atoms with E-state index in [-0.39, 0.29) is 12.4 Å². The van der Waals surface area contributed by atoms with Gasteiger partial charge in [-0.05, 0) is 0 Å². The number of nitrogen functional groups attached to an aromatic ring is 1. The number of aliphatic hydroxyl groups is 2. The monoisotopic (exact) mass is 275 g/mol. The summed E-state index contributed by atoms with van der Waals surface area (Å²) in [5.74, 6) is 2.13. The van der Waals surface area contributed by atoms with E-state index in [9.17, 15) is 10.2 Å². The van der Waals surface area contributed by atoms with Gasteiger partial charge in [-0.1, -0.05) is 5.92 Å². The van der Waals surface area contributed by atoms with Crippen molar-refractivity contribution in [2.24, 2.45) is 5.92 Å². The molecule has 0 unspecified atom stereocenters. The van der Waals surface area contributed by atoms with Gasteiger partial charge in [0.15, 0.2) is 17.7 Å². The van der Waals surface area contributed by atoms with Crippen molar-refractivity contribution in [3.05, 3.63) is 12.7 Å². The van der Waals surface area contributed by atoms with Crippen molar-refractivity contribution in [3.8, 4) is 12.3 Å². The zero-order valence-electron chi connectivity index (χ0n) is 10.4. The second-order valence-corrected chi connectivity index (χ2v) is 4.51. The van der Waals surface area contributed by atoms with E-state index in [0.717, 1.165) is 0 Å². The summed E-state index contributed by atoms with van der Waals surface area (Å²) in [4.78, 5) is 12.1. The summed E-state index contributed by atoms with van der Waals surface area (Å²) in [6, 6.07) is 0. The van der Waals surface area contributed by atoms with E-state index >= 15 is 0 Å². The van der Waals surface area contributed by atoms with Crippen LogP contribution in [0.1, 0.15) is 6.23 Å². The molecule has 1 aliphatic rings. The van der Waals surface area contributed by atoms with Crippen molar-refractivity contribution in [3.63, 3.8) is 0 Å². The predicted molar refractivity (Wildman–Crippen MR) is 69.1 cm³/mol. The Bertz CT molecular complexity index is 679. The van der Waals surface area contributed by atoms with Gasteiger partial charge < -0.3 is 20.7 Å². The SMILES string of the molecule is C#C[C@H]1[C@H](O)[C@@H](CO)O[C@H]1n1cnc2c(N)ncnc21. The molecule has 4 N–H and O–H groups in total. The Morgan fingerprint density at radius 3 is 2.95 bits per heavy atom. The van der Waals surface area contributed by atoms with Crippen LogP contribution < -0.4 is 5.73 Å². The third kappa shape index (κ3) is 1.72. The average Bonchev–Trinajstić information content (AvgIpc) is 3.00. The summed E-state index contributed by atoms with van der Waals surface area (Å²) in [5, 5.41) is 19.2. The molecule has 0 spiro atoms. The first kappa shape index (κ1) is 12.8. The van der Waals surface area contributed by atoms with Crippen LogP contribution in [0, 0.1) is 18.3 Å². The standard InChI is InChI=1S/C12H13N5O3/c1-2-6-9(19)7(3-18)20-12(6)17-5-16-8-10(13)14-4-15-11(8)17/h1,4-7,9,12,18-19H,3H2,(H2,13,14,15)/t6-,7+,9-,12+/m0/s1. The molecule has 0 radical (unpaired) electrons. The number of nitrogens with two attached hydrogens (primary N) is 1. The van der Waals surface area contributed by atoms with Crippen molar-refractivity contribution in [2.75, 3.05) is 12.3 Å². The number of fused-ring (bicyclic) bond motifs is 1. The van der Waals surface area contributed by atoms with Gasteiger partial charge >= 0.3 is 0 Å². The molecule has 0 bridgehead atoms. The molecule has 0 aliphatic carbocycles. The van der Waals surface area contributed by atoms with Gasteiger partial charge in [0.2, 0.25) is 0 Å². The Balaban J connectivity index is 2.07. The number of aromatic nitrogens is 4. The van der Waals surface area contributed by atoms with Gasteiger partial charge in [-0.25, -0.2) is 15.0 Å². The smallest absolute Gasteiger partial charge is 0.167 e. The number of imidazole rings is 1. The van der Waals surface area contributed by atoms with Crippen LogP contribution in [0.3, 0.4) is 0 Å². The number of ether oxygens (including phenoxy) is 1. The third-order valence-electron chi connectivity index (χ3n) is 3.40. The van der Waals surface area contributed by atoms with Gasteiger partial charge in [0, 0.05) is 0 Å². The van der Waals surface area contributed by atoms with E-state index in [1.807, 2.05) is 0 Å². The number of rotatable bonds is 2. The molecule has 1 saturated heterocycles. The van der Waals surface area contributed by atoms with Crippen molar-refractivity contribution < 1.29 is 14.9 Å². The van der Waals surface area contributed by atoms with Crippen molar-refractivity contribution in [2.45, 2.75) is 18.4 Å². The highest BCUT2D eigenvalue weighted by atomic mass is 16.5. The van der Waals surface area contributed by atoms with Crippen LogP contribution in [-0.4, -0.2) is 48.5 Å². The fourth-order valence-electron chi connectivity index (χ4n) is 2.37. The highest BCUT2D eigenvalue weighted by molar-refractivity contribution is 5.81. The van der Waals surface area contributed by atoms with Crippen LogP contribution >= 0.6 is 0 Å². The van der Waals surface area contributed by atoms with Crippen molar-refractivity contribution >= 4 is 17.0 Å². The molecular formula is C12H13N5O3. The molecule has 0 saturated carbocycles. The van der Waals surface area contributed by atoms with E-state index in [1.54, 1.807) is 4.57 Å². The lowest BCUT2D eigenvalue weighted by Gasteiger charge is -2.16. The Hall–Kier alpha value is -2.21. The van der Waals surface area contributed by atoms with Gasteiger partial charge in [0.05, 0.1) is 18.9 Å². The van der Waals surface area contributed by atoms with Gasteiger partial charge in [-0.15, -0.1) is 6.42 Å². The van der Waals surface area contributed by atoms with Crippen molar-refractivity contribution in [1.82, 2.24) is 19.5 Å². The summed E-state index contributed by atoms with van der Waals surface area (Å²) in [6.07, 6.45) is 5.90. The van der Waals surface area contributed by atoms with Gasteiger partial charge in [0.1, 0.15) is 24.1 Å². The number of hydrogen-bond donors (Lipinski definition) is 3. The summed E-state index contributed by atoms with van der Waals surface area (Å²) < 4.78 is 7.19. The molecule has 8 nitrogen and oxygen atoms in total. The number of aliphatic hydroxyl groups excluding tert-OH is 2. The Labute approximate surface area is 114 Å². The summed E-state index contributed by atoms with van der Waals surface area (Å²) in [7, 11) is 0. The Morgan fingerprint density at radius 2 is 2.25 bits per heavy atom. The zero-order valence-corrected chi connectivity index (χ0v) is 10.4. The molecule has 2 aromatic heterocycles. The van der Waals surface area contributed by atoms with Crippen LogP contribution in [0.15, 0.2) is 12.7 Å². The fraction of sp³-hybridized carbons (Fsp3) is 0.417. The number of nitrogens with zero attached hydrogens (tertiary/aromatic N) is 4. The lowest BCUT2D eigenvalue weighted by atomic mass is 10.0. The molecule has 0 aromatic carbocycles. The molecular weight excluding hydrogens is 262 g/mol. The van der Waals surface area contributed by atoms with E-state index in [0.29, 0.717) is 11.2 Å². The van der Waals surface area contributed by atoms with Crippen LogP contribution in [-0.2, 0) is 4.74 Å². The molecule has 2 aromatic rings. The van der Waals surface area contributed by atoms with E-state index in [1.165, 1.54) is 12.7 Å². The van der Waals surface area contributed by atoms with E-state index in [2.05, 4.69) is 20.9 Å². The maximum atomic E-state index is 10.0. The Kier molecular flexibility index (Phi) is 3.02. The summed E-state index contributed by atoms with van der Waals surface area (Å²) >= 11 is 0. The lowest BCUT2D eigenvalue weighted by Crippen LogP contribution is -2.28. The van der Waals surface area contributed by atoms with Crippen LogP contribution in [0.5, 0.6) is 0 Å². The summed E-state index contributed by atoms with van der Waals surface area (Å²) in [5.41, 5.74) is 6.62. The van der Waals surface area contributed by atoms with E-state index in [4.69, 9.17) is 16.9 Å². The minimum atomic E-state index is -0.952. The largest absolute Gasteiger partial charge is 0.394 e. The minimum Gasteiger partial charge on any atom is -0.394 e. The van der Waals surface area contributed by atoms with Gasteiger partial charge in [0.25, 0.3) is 0 Å². The quantitative estimate of drug-likeness (QED) is 0.596. The third-order valence-corrected chi connectivity index (χ3v) is 3.40. The normalized spacial score (nSPS) is 29.6. The van der Waals surface area contributed by atoms with E-state index < -0.39 is 24.4 Å². The Morgan fingerprint density at radius 1 is 1.45 bits per heavy atom. The van der Waals surface area contributed by atoms with Gasteiger partial charge in [-0.2, -0.15) is 0 Å². The first-order valence-corrected chi connectivity index (χ1v) is 6.01. The molecule has 20 heavy (non-hydrogen) atoms. The highest BCUT2D eigenvalue weighted by Crippen LogP contribution is 2.35. The molecule has 3 rings (SSSR count). The zero-order chi connectivity index (χ0) is 14.3. The molecule has 8 heteroatoms. The van der Waals surface area contributed by atoms with Crippen molar-refractivity contribution in [1.29, 1.82) is 0 Å². The second-order valence-electron chi connectivity index (χ2n) is 4.51. The topological polar surface area (TPSA) is 119 Å². The molecule has 4 atom stereocenters. The maximum absolute atomic E-state index is 10.0. The fourth-order valence-corrected chi connectivity index (χ4v) is 2.37.